The van der Waals surface area contributed by atoms with Gasteiger partial charge < -0.3 is 10.1 Å². The lowest BCUT2D eigenvalue weighted by molar-refractivity contribution is -0.127. The van der Waals surface area contributed by atoms with Gasteiger partial charge in [0.1, 0.15) is 5.75 Å². The smallest absolute Gasteiger partial charge is 0.261 e. The van der Waals surface area contributed by atoms with E-state index in [4.69, 9.17) is 16.3 Å². The van der Waals surface area contributed by atoms with Gasteiger partial charge in [-0.05, 0) is 53.9 Å². The molecule has 3 aromatic rings. The van der Waals surface area contributed by atoms with Crippen LogP contribution in [0.1, 0.15) is 18.1 Å². The molecule has 0 bridgehead atoms. The summed E-state index contributed by atoms with van der Waals surface area (Å²) in [5.41, 5.74) is 2.00. The number of aryl methyl sites for hydroxylation is 1. The molecule has 1 N–H and O–H groups in total. The SMILES string of the molecule is Cc1cc(O[C@@H](C)C(=O)NCc2cccc3ccccc23)ccc1Cl. The van der Waals surface area contributed by atoms with Crippen LogP contribution in [0.4, 0.5) is 0 Å². The van der Waals surface area contributed by atoms with Crippen LogP contribution < -0.4 is 10.1 Å². The summed E-state index contributed by atoms with van der Waals surface area (Å²) in [6.07, 6.45) is -0.587. The van der Waals surface area contributed by atoms with E-state index in [2.05, 4.69) is 23.5 Å². The number of halogens is 1. The molecular weight excluding hydrogens is 334 g/mol. The van der Waals surface area contributed by atoms with Crippen LogP contribution >= 0.6 is 11.6 Å². The van der Waals surface area contributed by atoms with E-state index < -0.39 is 6.10 Å². The first-order chi connectivity index (χ1) is 12.0. The molecule has 0 spiro atoms. The Morgan fingerprint density at radius 2 is 1.88 bits per heavy atom. The van der Waals surface area contributed by atoms with E-state index in [0.29, 0.717) is 17.3 Å². The Morgan fingerprint density at radius 3 is 2.68 bits per heavy atom. The Bertz CT molecular complexity index is 902. The summed E-state index contributed by atoms with van der Waals surface area (Å²) in [6, 6.07) is 19.6. The van der Waals surface area contributed by atoms with E-state index in [9.17, 15) is 4.79 Å². The summed E-state index contributed by atoms with van der Waals surface area (Å²) in [5, 5.41) is 5.94. The van der Waals surface area contributed by atoms with E-state index >= 15 is 0 Å². The molecule has 0 radical (unpaired) electrons. The number of hydrogen-bond donors (Lipinski definition) is 1. The summed E-state index contributed by atoms with van der Waals surface area (Å²) in [7, 11) is 0. The van der Waals surface area contributed by atoms with Gasteiger partial charge in [-0.3, -0.25) is 4.79 Å². The highest BCUT2D eigenvalue weighted by Gasteiger charge is 2.15. The molecule has 25 heavy (non-hydrogen) atoms. The number of benzene rings is 3. The maximum absolute atomic E-state index is 12.3. The quantitative estimate of drug-likeness (QED) is 0.709. The molecule has 0 unspecified atom stereocenters. The molecule has 0 saturated heterocycles. The fraction of sp³-hybridized carbons (Fsp3) is 0.190. The number of hydrogen-bond acceptors (Lipinski definition) is 2. The molecule has 0 aliphatic rings. The summed E-state index contributed by atoms with van der Waals surface area (Å²) >= 11 is 6.01. The molecule has 0 aromatic heterocycles. The highest BCUT2D eigenvalue weighted by atomic mass is 35.5. The molecule has 0 aliphatic carbocycles. The van der Waals surface area contributed by atoms with Gasteiger partial charge >= 0.3 is 0 Å². The number of nitrogens with one attached hydrogen (secondary N) is 1. The molecule has 3 rings (SSSR count). The van der Waals surface area contributed by atoms with Crippen molar-refractivity contribution in [3.05, 3.63) is 76.8 Å². The Balaban J connectivity index is 1.64. The van der Waals surface area contributed by atoms with Crippen LogP contribution in [-0.2, 0) is 11.3 Å². The Hall–Kier alpha value is -2.52. The lowest BCUT2D eigenvalue weighted by atomic mass is 10.0. The van der Waals surface area contributed by atoms with Crippen molar-refractivity contribution < 1.29 is 9.53 Å². The summed E-state index contributed by atoms with van der Waals surface area (Å²) in [4.78, 5) is 12.3. The Kier molecular flexibility index (Phi) is 5.25. The minimum atomic E-state index is -0.587. The Morgan fingerprint density at radius 1 is 1.12 bits per heavy atom. The van der Waals surface area contributed by atoms with Crippen molar-refractivity contribution in [3.8, 4) is 5.75 Å². The second-order valence-corrected chi connectivity index (χ2v) is 6.43. The summed E-state index contributed by atoms with van der Waals surface area (Å²) in [5.74, 6) is 0.482. The van der Waals surface area contributed by atoms with Gasteiger partial charge in [0.15, 0.2) is 6.10 Å². The van der Waals surface area contributed by atoms with E-state index in [-0.39, 0.29) is 5.91 Å². The van der Waals surface area contributed by atoms with Gasteiger partial charge in [0.05, 0.1) is 0 Å². The van der Waals surface area contributed by atoms with Crippen LogP contribution in [0.3, 0.4) is 0 Å². The zero-order valence-corrected chi connectivity index (χ0v) is 15.0. The number of carbonyl (C=O) groups is 1. The first-order valence-corrected chi connectivity index (χ1v) is 8.59. The molecule has 4 heteroatoms. The van der Waals surface area contributed by atoms with Crippen LogP contribution in [0, 0.1) is 6.92 Å². The molecule has 0 saturated carbocycles. The number of amides is 1. The van der Waals surface area contributed by atoms with Crippen LogP contribution in [-0.4, -0.2) is 12.0 Å². The third-order valence-electron chi connectivity index (χ3n) is 4.14. The average Bonchev–Trinajstić information content (AvgIpc) is 2.62. The average molecular weight is 354 g/mol. The predicted molar refractivity (Wildman–Crippen MR) is 102 cm³/mol. The highest BCUT2D eigenvalue weighted by molar-refractivity contribution is 6.31. The number of fused-ring (bicyclic) bond motifs is 1. The van der Waals surface area contributed by atoms with Crippen molar-refractivity contribution in [2.75, 3.05) is 0 Å². The molecule has 0 aliphatic heterocycles. The van der Waals surface area contributed by atoms with Crippen LogP contribution in [0.15, 0.2) is 60.7 Å². The van der Waals surface area contributed by atoms with Gasteiger partial charge in [0.2, 0.25) is 0 Å². The van der Waals surface area contributed by atoms with Gasteiger partial charge in [-0.1, -0.05) is 54.1 Å². The maximum Gasteiger partial charge on any atom is 0.261 e. The monoisotopic (exact) mass is 353 g/mol. The van der Waals surface area contributed by atoms with E-state index in [1.807, 2.05) is 37.3 Å². The largest absolute Gasteiger partial charge is 0.481 e. The first-order valence-electron chi connectivity index (χ1n) is 8.22. The van der Waals surface area contributed by atoms with Crippen LogP contribution in [0.5, 0.6) is 5.75 Å². The van der Waals surface area contributed by atoms with Gasteiger partial charge in [-0.2, -0.15) is 0 Å². The minimum Gasteiger partial charge on any atom is -0.481 e. The molecule has 1 atom stereocenters. The van der Waals surface area contributed by atoms with E-state index in [1.165, 1.54) is 0 Å². The summed E-state index contributed by atoms with van der Waals surface area (Å²) < 4.78 is 5.72. The van der Waals surface area contributed by atoms with Gasteiger partial charge in [0, 0.05) is 11.6 Å². The van der Waals surface area contributed by atoms with E-state index in [1.54, 1.807) is 19.1 Å². The highest BCUT2D eigenvalue weighted by Crippen LogP contribution is 2.22. The molecule has 128 valence electrons. The third-order valence-corrected chi connectivity index (χ3v) is 4.57. The van der Waals surface area contributed by atoms with Crippen molar-refractivity contribution in [2.45, 2.75) is 26.5 Å². The maximum atomic E-state index is 12.3. The molecular formula is C21H20ClNO2. The summed E-state index contributed by atoms with van der Waals surface area (Å²) in [6.45, 7) is 4.11. The van der Waals surface area contributed by atoms with Crippen molar-refractivity contribution >= 4 is 28.3 Å². The molecule has 1 amide bonds. The zero-order valence-electron chi connectivity index (χ0n) is 14.3. The first kappa shape index (κ1) is 17.3. The second-order valence-electron chi connectivity index (χ2n) is 6.03. The van der Waals surface area contributed by atoms with Crippen molar-refractivity contribution in [1.29, 1.82) is 0 Å². The standard InChI is InChI=1S/C21H20ClNO2/c1-14-12-18(10-11-20(14)22)25-15(2)21(24)23-13-17-8-5-7-16-6-3-4-9-19(16)17/h3-12,15H,13H2,1-2H3,(H,23,24)/t15-/m0/s1. The lowest BCUT2D eigenvalue weighted by Crippen LogP contribution is -2.35. The molecule has 0 heterocycles. The van der Waals surface area contributed by atoms with Crippen molar-refractivity contribution in [2.24, 2.45) is 0 Å². The third kappa shape index (κ3) is 4.12. The molecule has 0 fully saturated rings. The number of ether oxygens (including phenoxy) is 1. The topological polar surface area (TPSA) is 38.3 Å². The number of rotatable bonds is 5. The fourth-order valence-corrected chi connectivity index (χ4v) is 2.84. The molecule has 3 nitrogen and oxygen atoms in total. The van der Waals surface area contributed by atoms with Crippen molar-refractivity contribution in [3.63, 3.8) is 0 Å². The van der Waals surface area contributed by atoms with Gasteiger partial charge in [-0.15, -0.1) is 0 Å². The fourth-order valence-electron chi connectivity index (χ4n) is 2.72. The lowest BCUT2D eigenvalue weighted by Gasteiger charge is -2.16. The van der Waals surface area contributed by atoms with E-state index in [0.717, 1.165) is 21.9 Å². The normalized spacial score (nSPS) is 12.0. The Labute approximate surface area is 152 Å². The predicted octanol–water partition coefficient (Wildman–Crippen LogP) is 4.89. The number of carbonyl (C=O) groups excluding carboxylic acids is 1. The minimum absolute atomic E-state index is 0.152. The molecule has 3 aromatic carbocycles. The van der Waals surface area contributed by atoms with Gasteiger partial charge in [-0.25, -0.2) is 0 Å². The van der Waals surface area contributed by atoms with Crippen LogP contribution in [0.25, 0.3) is 10.8 Å². The van der Waals surface area contributed by atoms with Gasteiger partial charge in [0.25, 0.3) is 5.91 Å². The second kappa shape index (κ2) is 7.58. The van der Waals surface area contributed by atoms with Crippen molar-refractivity contribution in [1.82, 2.24) is 5.32 Å². The van der Waals surface area contributed by atoms with Crippen LogP contribution in [0.2, 0.25) is 5.02 Å². The zero-order chi connectivity index (χ0) is 17.8.